The summed E-state index contributed by atoms with van der Waals surface area (Å²) in [5.41, 5.74) is 3.48. The maximum Gasteiger partial charge on any atom is 0.390 e. The molecule has 2 unspecified atom stereocenters. The Morgan fingerprint density at radius 1 is 0.567 bits per heavy atom. The number of benzene rings is 6. The Bertz CT molecular complexity index is 2650. The van der Waals surface area contributed by atoms with Crippen molar-refractivity contribution >= 4 is 62.2 Å². The number of fused-ring (bicyclic) bond motifs is 2. The van der Waals surface area contributed by atoms with E-state index in [1.54, 1.807) is 45.8 Å². The molecule has 2 atom stereocenters. The third kappa shape index (κ3) is 8.82. The van der Waals surface area contributed by atoms with Crippen LogP contribution in [0.4, 0.5) is 26.3 Å². The van der Waals surface area contributed by atoms with Crippen molar-refractivity contribution < 1.29 is 40.0 Å². The summed E-state index contributed by atoms with van der Waals surface area (Å²) in [6.45, 7) is 0. The maximum atomic E-state index is 15.5. The summed E-state index contributed by atoms with van der Waals surface area (Å²) < 4.78 is 114. The normalized spacial score (nSPS) is 13.8. The van der Waals surface area contributed by atoms with Crippen LogP contribution in [0.25, 0.3) is 22.1 Å². The van der Waals surface area contributed by atoms with Crippen LogP contribution in [-0.2, 0) is 38.7 Å². The summed E-state index contributed by atoms with van der Waals surface area (Å²) in [7, 11) is -4.56. The first kappa shape index (κ1) is 41.5. The van der Waals surface area contributed by atoms with E-state index in [2.05, 4.69) is 61.5 Å². The molecule has 0 radical (unpaired) electrons. The fourth-order valence-corrected chi connectivity index (χ4v) is 8.92. The van der Waals surface area contributed by atoms with Gasteiger partial charge in [-0.3, -0.25) is 4.57 Å². The number of alkyl halides is 4. The van der Waals surface area contributed by atoms with Gasteiger partial charge in [-0.25, -0.2) is 27.2 Å². The Morgan fingerprint density at radius 2 is 0.950 bits per heavy atom. The largest absolute Gasteiger partial charge is 0.390 e. The average molecular weight is 971 g/mol. The van der Waals surface area contributed by atoms with Crippen LogP contribution in [0.1, 0.15) is 45.5 Å². The molecular formula is C42H29Br2F6N6O3P. The highest BCUT2D eigenvalue weighted by molar-refractivity contribution is 9.10. The number of halogens is 8. The van der Waals surface area contributed by atoms with Gasteiger partial charge in [0.05, 0.1) is 34.2 Å². The highest BCUT2D eigenvalue weighted by atomic mass is 79.9. The van der Waals surface area contributed by atoms with Gasteiger partial charge in [-0.1, -0.05) is 103 Å². The zero-order valence-electron chi connectivity index (χ0n) is 30.7. The molecule has 60 heavy (non-hydrogen) atoms. The van der Waals surface area contributed by atoms with Crippen molar-refractivity contribution in [1.82, 2.24) is 30.0 Å². The molecule has 0 amide bonds. The van der Waals surface area contributed by atoms with Gasteiger partial charge < -0.3 is 0 Å². The molecule has 0 aliphatic rings. The molecule has 6 aromatic carbocycles. The summed E-state index contributed by atoms with van der Waals surface area (Å²) in [5.74, 6) is -0.882. The first-order chi connectivity index (χ1) is 28.8. The second-order valence-corrected chi connectivity index (χ2v) is 16.3. The number of rotatable bonds is 14. The smallest absolute Gasteiger partial charge is 0.263 e. The second-order valence-electron chi connectivity index (χ2n) is 13.7. The lowest BCUT2D eigenvalue weighted by atomic mass is 9.97. The highest BCUT2D eigenvalue weighted by Crippen LogP contribution is 2.49. The Morgan fingerprint density at radius 3 is 1.33 bits per heavy atom. The SMILES string of the molecule is O=[PH](OC(F)(F)c1ccc(CC(c2ccc(F)cc2)n2nnc3ccccc32)cc1Br)OC(F)(F)c1ccc(CC(c2ccc(F)cc2)n2nnc3ccccc32)cc1Br. The van der Waals surface area contributed by atoms with E-state index in [0.29, 0.717) is 44.3 Å². The van der Waals surface area contributed by atoms with E-state index in [4.69, 9.17) is 0 Å². The zero-order valence-corrected chi connectivity index (χ0v) is 34.9. The minimum Gasteiger partial charge on any atom is -0.263 e. The minimum atomic E-state index is -4.56. The summed E-state index contributed by atoms with van der Waals surface area (Å²) in [4.78, 5) is 0. The van der Waals surface area contributed by atoms with E-state index in [1.807, 2.05) is 36.4 Å². The predicted molar refractivity (Wildman–Crippen MR) is 219 cm³/mol. The third-order valence-corrected chi connectivity index (χ3v) is 12.0. The first-order valence-corrected chi connectivity index (χ1v) is 20.9. The highest BCUT2D eigenvalue weighted by Gasteiger charge is 2.43. The van der Waals surface area contributed by atoms with Gasteiger partial charge in [0.2, 0.25) is 0 Å². The van der Waals surface area contributed by atoms with Gasteiger partial charge in [-0.2, -0.15) is 17.6 Å². The topological polar surface area (TPSA) is 97.0 Å². The van der Waals surface area contributed by atoms with Crippen LogP contribution in [0.3, 0.4) is 0 Å². The lowest BCUT2D eigenvalue weighted by Crippen LogP contribution is -2.20. The number of aromatic nitrogens is 6. The van der Waals surface area contributed by atoms with Crippen molar-refractivity contribution in [2.45, 2.75) is 37.1 Å². The maximum absolute atomic E-state index is 15.5. The molecule has 9 nitrogen and oxygen atoms in total. The van der Waals surface area contributed by atoms with Gasteiger partial charge in [0.25, 0.3) is 0 Å². The molecule has 18 heteroatoms. The molecule has 2 heterocycles. The van der Waals surface area contributed by atoms with Crippen molar-refractivity contribution in [2.24, 2.45) is 0 Å². The molecule has 0 bridgehead atoms. The quantitative estimate of drug-likeness (QED) is 0.0791. The van der Waals surface area contributed by atoms with Crippen LogP contribution in [0, 0.1) is 11.6 Å². The van der Waals surface area contributed by atoms with E-state index in [0.717, 1.165) is 12.1 Å². The van der Waals surface area contributed by atoms with Crippen LogP contribution < -0.4 is 0 Å². The Balaban J connectivity index is 0.973. The number of nitrogens with zero attached hydrogens (tertiary/aromatic N) is 6. The molecule has 0 N–H and O–H groups in total. The predicted octanol–water partition coefficient (Wildman–Crippen LogP) is 11.9. The van der Waals surface area contributed by atoms with E-state index < -0.39 is 55.3 Å². The molecule has 2 aromatic heterocycles. The zero-order chi connectivity index (χ0) is 42.2. The molecule has 0 fully saturated rings. The van der Waals surface area contributed by atoms with E-state index in [9.17, 15) is 13.3 Å². The molecule has 0 saturated heterocycles. The summed E-state index contributed by atoms with van der Waals surface area (Å²) in [6.07, 6.45) is -8.25. The summed E-state index contributed by atoms with van der Waals surface area (Å²) in [6, 6.07) is 32.5. The third-order valence-electron chi connectivity index (χ3n) is 9.83. The first-order valence-electron chi connectivity index (χ1n) is 18.1. The molecule has 0 aliphatic carbocycles. The molecule has 306 valence electrons. The molecule has 0 aliphatic heterocycles. The van der Waals surface area contributed by atoms with Gasteiger partial charge in [-0.05, 0) is 108 Å². The fourth-order valence-electron chi connectivity index (χ4n) is 6.93. The van der Waals surface area contributed by atoms with E-state index in [-0.39, 0.29) is 21.8 Å². The average Bonchev–Trinajstić information content (AvgIpc) is 3.84. The summed E-state index contributed by atoms with van der Waals surface area (Å²) >= 11 is 6.27. The van der Waals surface area contributed by atoms with E-state index in [1.165, 1.54) is 48.5 Å². The van der Waals surface area contributed by atoms with Crippen molar-refractivity contribution in [3.63, 3.8) is 0 Å². The van der Waals surface area contributed by atoms with Crippen molar-refractivity contribution in [3.8, 4) is 0 Å². The molecular weight excluding hydrogens is 941 g/mol. The van der Waals surface area contributed by atoms with Gasteiger partial charge >= 0.3 is 20.5 Å². The monoisotopic (exact) mass is 968 g/mol. The molecule has 0 saturated carbocycles. The molecule has 0 spiro atoms. The van der Waals surface area contributed by atoms with Crippen molar-refractivity contribution in [1.29, 1.82) is 0 Å². The standard InChI is InChI=1S/C42H29Br2F6N6O3P/c43-33-21-25(23-39(27-11-15-29(45)16-12-27)55-37-7-3-1-5-35(37)51-53-55)9-19-31(33)41(47,48)58-60(57)59-42(49,50)32-20-10-26(22-34(32)44)24-40(28-13-17-30(46)18-14-28)56-38-8-4-2-6-36(38)52-54-56/h1-22,39-40,60H,23-24H2. The van der Waals surface area contributed by atoms with Crippen LogP contribution >= 0.6 is 40.1 Å². The minimum absolute atomic E-state index is 0.163. The second kappa shape index (κ2) is 17.1. The van der Waals surface area contributed by atoms with Gasteiger partial charge in [0.15, 0.2) is 0 Å². The van der Waals surface area contributed by atoms with Crippen LogP contribution in [0.2, 0.25) is 0 Å². The number of hydrogen-bond acceptors (Lipinski definition) is 7. The molecule has 8 aromatic rings. The van der Waals surface area contributed by atoms with Crippen molar-refractivity contribution in [2.75, 3.05) is 0 Å². The Kier molecular flexibility index (Phi) is 11.8. The summed E-state index contributed by atoms with van der Waals surface area (Å²) in [5, 5.41) is 17.0. The van der Waals surface area contributed by atoms with Crippen LogP contribution in [0.15, 0.2) is 142 Å². The number of para-hydroxylation sites is 2. The van der Waals surface area contributed by atoms with Crippen LogP contribution in [-0.4, -0.2) is 30.0 Å². The van der Waals surface area contributed by atoms with Crippen molar-refractivity contribution in [3.05, 3.63) is 187 Å². The molecule has 8 rings (SSSR count). The number of hydrogen-bond donors (Lipinski definition) is 0. The van der Waals surface area contributed by atoms with Gasteiger partial charge in [-0.15, -0.1) is 10.2 Å². The lowest BCUT2D eigenvalue weighted by Gasteiger charge is -2.23. The fraction of sp³-hybridized carbons (Fsp3) is 0.143. The van der Waals surface area contributed by atoms with E-state index >= 15 is 17.6 Å². The lowest BCUT2D eigenvalue weighted by molar-refractivity contribution is -0.221. The van der Waals surface area contributed by atoms with Crippen LogP contribution in [0.5, 0.6) is 0 Å². The van der Waals surface area contributed by atoms with Gasteiger partial charge in [0.1, 0.15) is 22.7 Å². The Labute approximate surface area is 355 Å². The van der Waals surface area contributed by atoms with Gasteiger partial charge in [0, 0.05) is 8.95 Å². The Hall–Kier alpha value is -5.19.